The number of rotatable bonds is 4. The number of carbonyl (C=O) groups excluding carboxylic acids is 2. The van der Waals surface area contributed by atoms with Gasteiger partial charge in [-0.05, 0) is 51.7 Å². The third kappa shape index (κ3) is 6.16. The van der Waals surface area contributed by atoms with Crippen LogP contribution in [0.1, 0.15) is 39.2 Å². The molecule has 0 aliphatic carbocycles. The number of ether oxygens (including phenoxy) is 1. The van der Waals surface area contributed by atoms with E-state index in [4.69, 9.17) is 16.3 Å². The minimum atomic E-state index is -0.520. The van der Waals surface area contributed by atoms with Crippen molar-refractivity contribution in [3.05, 3.63) is 34.6 Å². The number of halogens is 2. The summed E-state index contributed by atoms with van der Waals surface area (Å²) in [4.78, 5) is 25.8. The molecule has 1 aliphatic rings. The van der Waals surface area contributed by atoms with Crippen molar-refractivity contribution in [2.75, 3.05) is 19.6 Å². The fraction of sp³-hybridized carbons (Fsp3) is 0.579. The maximum Gasteiger partial charge on any atom is 0.407 e. The summed E-state index contributed by atoms with van der Waals surface area (Å²) in [7, 11) is 0. The smallest absolute Gasteiger partial charge is 0.407 e. The lowest BCUT2D eigenvalue weighted by molar-refractivity contribution is -0.131. The Hall–Kier alpha value is -1.82. The summed E-state index contributed by atoms with van der Waals surface area (Å²) in [6, 6.07) is 4.42. The highest BCUT2D eigenvalue weighted by molar-refractivity contribution is 6.31. The molecule has 1 aliphatic heterocycles. The largest absolute Gasteiger partial charge is 0.444 e. The number of alkyl carbamates (subject to hydrolysis) is 1. The van der Waals surface area contributed by atoms with E-state index in [2.05, 4.69) is 5.32 Å². The number of hydrogen-bond donors (Lipinski definition) is 1. The quantitative estimate of drug-likeness (QED) is 0.859. The van der Waals surface area contributed by atoms with Crippen molar-refractivity contribution < 1.29 is 18.7 Å². The van der Waals surface area contributed by atoms with E-state index in [1.54, 1.807) is 11.0 Å². The summed E-state index contributed by atoms with van der Waals surface area (Å²) < 4.78 is 19.0. The van der Waals surface area contributed by atoms with Crippen LogP contribution in [0.25, 0.3) is 0 Å². The maximum atomic E-state index is 13.8. The van der Waals surface area contributed by atoms with Crippen molar-refractivity contribution in [1.29, 1.82) is 0 Å². The van der Waals surface area contributed by atoms with Gasteiger partial charge in [0.2, 0.25) is 5.91 Å². The molecule has 1 heterocycles. The number of carbonyl (C=O) groups is 2. The highest BCUT2D eigenvalue weighted by Crippen LogP contribution is 2.22. The lowest BCUT2D eigenvalue weighted by Gasteiger charge is -2.32. The average Bonchev–Trinajstić information content (AvgIpc) is 2.55. The molecule has 1 N–H and O–H groups in total. The first-order chi connectivity index (χ1) is 12.2. The van der Waals surface area contributed by atoms with Gasteiger partial charge in [-0.25, -0.2) is 9.18 Å². The van der Waals surface area contributed by atoms with Crippen molar-refractivity contribution in [2.45, 2.75) is 45.6 Å². The van der Waals surface area contributed by atoms with Gasteiger partial charge in [0.1, 0.15) is 11.4 Å². The summed E-state index contributed by atoms with van der Waals surface area (Å²) in [5.74, 6) is -0.290. The van der Waals surface area contributed by atoms with E-state index in [0.717, 1.165) is 12.8 Å². The molecule has 0 spiro atoms. The standard InChI is InChI=1S/C19H26ClFN2O3/c1-19(2,3)26-18(25)22-12-13-7-9-23(10-8-13)17(24)11-14-15(20)5-4-6-16(14)21/h4-6,13H,7-12H2,1-3H3,(H,22,25). The number of amides is 2. The molecule has 26 heavy (non-hydrogen) atoms. The number of benzene rings is 1. The Morgan fingerprint density at radius 3 is 2.54 bits per heavy atom. The van der Waals surface area contributed by atoms with Crippen molar-refractivity contribution in [1.82, 2.24) is 10.2 Å². The van der Waals surface area contributed by atoms with Crippen LogP contribution in [0.15, 0.2) is 18.2 Å². The Bertz CT molecular complexity index is 632. The monoisotopic (exact) mass is 384 g/mol. The van der Waals surface area contributed by atoms with Crippen molar-refractivity contribution in [2.24, 2.45) is 5.92 Å². The van der Waals surface area contributed by atoms with Gasteiger partial charge in [0.15, 0.2) is 0 Å². The Balaban J connectivity index is 1.77. The predicted octanol–water partition coefficient (Wildman–Crippen LogP) is 3.78. The second-order valence-corrected chi connectivity index (χ2v) is 7.99. The molecule has 144 valence electrons. The van der Waals surface area contributed by atoms with E-state index < -0.39 is 17.5 Å². The molecule has 2 rings (SSSR count). The van der Waals surface area contributed by atoms with Gasteiger partial charge >= 0.3 is 6.09 Å². The normalized spacial score (nSPS) is 15.7. The van der Waals surface area contributed by atoms with Crippen LogP contribution in [0.5, 0.6) is 0 Å². The van der Waals surface area contributed by atoms with Crippen LogP contribution in [0.3, 0.4) is 0 Å². The third-order valence-electron chi connectivity index (χ3n) is 4.29. The first-order valence-corrected chi connectivity index (χ1v) is 9.21. The van der Waals surface area contributed by atoms with E-state index in [1.165, 1.54) is 12.1 Å². The summed E-state index contributed by atoms with van der Waals surface area (Å²) in [5.41, 5.74) is -0.277. The predicted molar refractivity (Wildman–Crippen MR) is 98.7 cm³/mol. The number of nitrogens with zero attached hydrogens (tertiary/aromatic N) is 1. The molecular weight excluding hydrogens is 359 g/mol. The Morgan fingerprint density at radius 1 is 1.31 bits per heavy atom. The minimum Gasteiger partial charge on any atom is -0.444 e. The van der Waals surface area contributed by atoms with Gasteiger partial charge in [0.05, 0.1) is 6.42 Å². The van der Waals surface area contributed by atoms with Gasteiger partial charge in [0, 0.05) is 30.2 Å². The number of nitrogens with one attached hydrogen (secondary N) is 1. The number of hydrogen-bond acceptors (Lipinski definition) is 3. The molecule has 0 atom stereocenters. The number of likely N-dealkylation sites (tertiary alicyclic amines) is 1. The molecule has 0 unspecified atom stereocenters. The lowest BCUT2D eigenvalue weighted by atomic mass is 9.96. The fourth-order valence-electron chi connectivity index (χ4n) is 2.89. The van der Waals surface area contributed by atoms with Crippen LogP contribution in [-0.4, -0.2) is 42.1 Å². The third-order valence-corrected chi connectivity index (χ3v) is 4.64. The maximum absolute atomic E-state index is 13.8. The topological polar surface area (TPSA) is 58.6 Å². The van der Waals surface area contributed by atoms with E-state index in [-0.39, 0.29) is 22.9 Å². The van der Waals surface area contributed by atoms with Crippen LogP contribution in [0, 0.1) is 11.7 Å². The molecule has 1 fully saturated rings. The zero-order valence-corrected chi connectivity index (χ0v) is 16.2. The molecule has 1 aromatic rings. The zero-order chi connectivity index (χ0) is 19.3. The van der Waals surface area contributed by atoms with Gasteiger partial charge < -0.3 is 15.0 Å². The molecule has 0 aromatic heterocycles. The zero-order valence-electron chi connectivity index (χ0n) is 15.5. The van der Waals surface area contributed by atoms with E-state index in [1.807, 2.05) is 20.8 Å². The SMILES string of the molecule is CC(C)(C)OC(=O)NCC1CCN(C(=O)Cc2c(F)cccc2Cl)CC1. The van der Waals surface area contributed by atoms with Crippen LogP contribution in [-0.2, 0) is 16.0 Å². The molecule has 0 bridgehead atoms. The van der Waals surface area contributed by atoms with Crippen molar-refractivity contribution >= 4 is 23.6 Å². The summed E-state index contributed by atoms with van der Waals surface area (Å²) >= 11 is 5.99. The molecule has 5 nitrogen and oxygen atoms in total. The lowest BCUT2D eigenvalue weighted by Crippen LogP contribution is -2.43. The second kappa shape index (κ2) is 8.71. The van der Waals surface area contributed by atoms with Crippen molar-refractivity contribution in [3.63, 3.8) is 0 Å². The highest BCUT2D eigenvalue weighted by atomic mass is 35.5. The minimum absolute atomic E-state index is 0.0354. The van der Waals surface area contributed by atoms with E-state index in [9.17, 15) is 14.0 Å². The van der Waals surface area contributed by atoms with Crippen LogP contribution in [0.2, 0.25) is 5.02 Å². The molecule has 1 saturated heterocycles. The molecule has 0 saturated carbocycles. The van der Waals surface area contributed by atoms with E-state index in [0.29, 0.717) is 25.6 Å². The van der Waals surface area contributed by atoms with Crippen molar-refractivity contribution in [3.8, 4) is 0 Å². The molecule has 0 radical (unpaired) electrons. The molecular formula is C19H26ClFN2O3. The second-order valence-electron chi connectivity index (χ2n) is 7.58. The van der Waals surface area contributed by atoms with Crippen LogP contribution >= 0.6 is 11.6 Å². The highest BCUT2D eigenvalue weighted by Gasteiger charge is 2.25. The molecule has 7 heteroatoms. The Labute approximate surface area is 158 Å². The average molecular weight is 385 g/mol. The van der Waals surface area contributed by atoms with Gasteiger partial charge in [-0.2, -0.15) is 0 Å². The summed E-state index contributed by atoms with van der Waals surface area (Å²) in [5, 5.41) is 3.05. The first kappa shape index (κ1) is 20.5. The van der Waals surface area contributed by atoms with Gasteiger partial charge in [0.25, 0.3) is 0 Å². The van der Waals surface area contributed by atoms with Gasteiger partial charge in [-0.15, -0.1) is 0 Å². The molecule has 2 amide bonds. The molecule has 1 aromatic carbocycles. The van der Waals surface area contributed by atoms with E-state index >= 15 is 0 Å². The Kier molecular flexibility index (Phi) is 6.87. The number of piperidine rings is 1. The van der Waals surface area contributed by atoms with Crippen LogP contribution < -0.4 is 5.32 Å². The van der Waals surface area contributed by atoms with Crippen LogP contribution in [0.4, 0.5) is 9.18 Å². The first-order valence-electron chi connectivity index (χ1n) is 8.83. The summed E-state index contributed by atoms with van der Waals surface area (Å²) in [6.45, 7) is 7.16. The van der Waals surface area contributed by atoms with Gasteiger partial charge in [-0.1, -0.05) is 17.7 Å². The van der Waals surface area contributed by atoms with Gasteiger partial charge in [-0.3, -0.25) is 4.79 Å². The Morgan fingerprint density at radius 2 is 1.96 bits per heavy atom. The summed E-state index contributed by atoms with van der Waals surface area (Å²) in [6.07, 6.45) is 1.11. The fourth-order valence-corrected chi connectivity index (χ4v) is 3.12.